The summed E-state index contributed by atoms with van der Waals surface area (Å²) in [6.07, 6.45) is 8.83. The van der Waals surface area contributed by atoms with Gasteiger partial charge in [0.25, 0.3) is 0 Å². The van der Waals surface area contributed by atoms with Crippen molar-refractivity contribution in [3.05, 3.63) is 18.5 Å². The topological polar surface area (TPSA) is 73.4 Å². The highest BCUT2D eigenvalue weighted by atomic mass is 16.2. The lowest BCUT2D eigenvalue weighted by Crippen LogP contribution is -2.49. The van der Waals surface area contributed by atoms with Crippen molar-refractivity contribution in [3.8, 4) is 0 Å². The molecule has 7 heteroatoms. The average Bonchev–Trinajstić information content (AvgIpc) is 2.99. The van der Waals surface area contributed by atoms with E-state index in [-0.39, 0.29) is 6.04 Å². The molecule has 2 N–H and O–H groups in total. The first kappa shape index (κ1) is 17.7. The Labute approximate surface area is 155 Å². The van der Waals surface area contributed by atoms with Crippen LogP contribution in [0.4, 0.5) is 5.95 Å². The summed E-state index contributed by atoms with van der Waals surface area (Å²) in [5, 5.41) is 6.84. The molecule has 1 amide bonds. The molecule has 0 radical (unpaired) electrons. The summed E-state index contributed by atoms with van der Waals surface area (Å²) in [6.45, 7) is 4.89. The van der Waals surface area contributed by atoms with Gasteiger partial charge in [-0.3, -0.25) is 9.69 Å². The van der Waals surface area contributed by atoms with Gasteiger partial charge in [0, 0.05) is 38.1 Å². The van der Waals surface area contributed by atoms with Gasteiger partial charge >= 0.3 is 0 Å². The van der Waals surface area contributed by atoms with Gasteiger partial charge in [-0.25, -0.2) is 9.97 Å². The molecule has 3 saturated heterocycles. The average molecular weight is 358 g/mol. The standard InChI is InChI=1S/C19H30N6O/c1-24-14-19(5-9-20-10-6-19)13-16(24)17(26)25-11-3-15(4-12-25)23-18-21-7-2-8-22-18/h2,7-8,15-16,20H,3-6,9-14H2,1H3,(H,21,22,23). The number of anilines is 1. The molecule has 7 nitrogen and oxygen atoms in total. The van der Waals surface area contributed by atoms with Gasteiger partial charge < -0.3 is 15.5 Å². The van der Waals surface area contributed by atoms with Crippen LogP contribution in [0.25, 0.3) is 0 Å². The largest absolute Gasteiger partial charge is 0.351 e. The third kappa shape index (κ3) is 3.69. The van der Waals surface area contributed by atoms with E-state index in [0.29, 0.717) is 23.3 Å². The first-order valence-corrected chi connectivity index (χ1v) is 9.89. The van der Waals surface area contributed by atoms with Crippen molar-refractivity contribution in [2.45, 2.75) is 44.2 Å². The number of nitrogens with one attached hydrogen (secondary N) is 2. The molecule has 0 aliphatic carbocycles. The summed E-state index contributed by atoms with van der Waals surface area (Å²) in [5.74, 6) is 1.01. The quantitative estimate of drug-likeness (QED) is 0.838. The van der Waals surface area contributed by atoms with Crippen LogP contribution in [0.5, 0.6) is 0 Å². The minimum Gasteiger partial charge on any atom is -0.351 e. The Balaban J connectivity index is 1.31. The van der Waals surface area contributed by atoms with E-state index < -0.39 is 0 Å². The van der Waals surface area contributed by atoms with E-state index in [1.807, 2.05) is 6.07 Å². The number of aromatic nitrogens is 2. The smallest absolute Gasteiger partial charge is 0.239 e. The molecule has 3 aliphatic rings. The van der Waals surface area contributed by atoms with Gasteiger partial charge in [0.1, 0.15) is 0 Å². The molecule has 1 aromatic heterocycles. The normalized spacial score (nSPS) is 27.0. The molecule has 26 heavy (non-hydrogen) atoms. The maximum Gasteiger partial charge on any atom is 0.239 e. The molecular formula is C19H30N6O. The van der Waals surface area contributed by atoms with Crippen LogP contribution >= 0.6 is 0 Å². The molecule has 1 atom stereocenters. The van der Waals surface area contributed by atoms with Crippen LogP contribution in [0.1, 0.15) is 32.1 Å². The Morgan fingerprint density at radius 2 is 1.92 bits per heavy atom. The molecular weight excluding hydrogens is 328 g/mol. The number of nitrogens with zero attached hydrogens (tertiary/aromatic N) is 4. The minimum atomic E-state index is 0.0649. The van der Waals surface area contributed by atoms with Crippen molar-refractivity contribution in [2.24, 2.45) is 5.41 Å². The SMILES string of the molecule is CN1CC2(CCNCC2)CC1C(=O)N1CCC(Nc2ncccn2)CC1. The number of likely N-dealkylation sites (tertiary alicyclic amines) is 2. The lowest BCUT2D eigenvalue weighted by Gasteiger charge is -2.35. The van der Waals surface area contributed by atoms with Crippen molar-refractivity contribution in [1.29, 1.82) is 0 Å². The monoisotopic (exact) mass is 358 g/mol. The molecule has 0 bridgehead atoms. The minimum absolute atomic E-state index is 0.0649. The van der Waals surface area contributed by atoms with Gasteiger partial charge in [-0.05, 0) is 63.7 Å². The van der Waals surface area contributed by atoms with E-state index in [9.17, 15) is 4.79 Å². The summed E-state index contributed by atoms with van der Waals surface area (Å²) in [6, 6.07) is 2.23. The summed E-state index contributed by atoms with van der Waals surface area (Å²) < 4.78 is 0. The second kappa shape index (κ2) is 7.48. The van der Waals surface area contributed by atoms with Crippen molar-refractivity contribution in [1.82, 2.24) is 25.1 Å². The van der Waals surface area contributed by atoms with Gasteiger partial charge in [-0.2, -0.15) is 0 Å². The molecule has 1 spiro atoms. The molecule has 4 rings (SSSR count). The van der Waals surface area contributed by atoms with E-state index in [2.05, 4.69) is 37.4 Å². The molecule has 0 saturated carbocycles. The first-order valence-electron chi connectivity index (χ1n) is 9.89. The number of piperidine rings is 2. The second-order valence-electron chi connectivity index (χ2n) is 8.20. The van der Waals surface area contributed by atoms with E-state index in [0.717, 1.165) is 52.0 Å². The number of hydrogen-bond donors (Lipinski definition) is 2. The van der Waals surface area contributed by atoms with E-state index in [1.165, 1.54) is 12.8 Å². The predicted octanol–water partition coefficient (Wildman–Crippen LogP) is 0.953. The zero-order chi connectivity index (χ0) is 18.0. The number of rotatable bonds is 3. The van der Waals surface area contributed by atoms with Crippen molar-refractivity contribution in [2.75, 3.05) is 45.1 Å². The second-order valence-corrected chi connectivity index (χ2v) is 8.20. The highest BCUT2D eigenvalue weighted by Crippen LogP contribution is 2.41. The van der Waals surface area contributed by atoms with Gasteiger partial charge in [0.05, 0.1) is 6.04 Å². The maximum absolute atomic E-state index is 13.1. The van der Waals surface area contributed by atoms with E-state index in [1.54, 1.807) is 12.4 Å². The van der Waals surface area contributed by atoms with Gasteiger partial charge in [0.15, 0.2) is 0 Å². The zero-order valence-corrected chi connectivity index (χ0v) is 15.7. The maximum atomic E-state index is 13.1. The van der Waals surface area contributed by atoms with Crippen molar-refractivity contribution < 1.29 is 4.79 Å². The number of carbonyl (C=O) groups is 1. The molecule has 3 fully saturated rings. The molecule has 1 unspecified atom stereocenters. The van der Waals surface area contributed by atoms with Gasteiger partial charge in [-0.15, -0.1) is 0 Å². The predicted molar refractivity (Wildman–Crippen MR) is 101 cm³/mol. The van der Waals surface area contributed by atoms with Crippen LogP contribution in [0.15, 0.2) is 18.5 Å². The fourth-order valence-corrected chi connectivity index (χ4v) is 4.88. The van der Waals surface area contributed by atoms with Crippen LogP contribution in [-0.2, 0) is 4.79 Å². The molecule has 0 aromatic carbocycles. The summed E-state index contributed by atoms with van der Waals surface area (Å²) in [7, 11) is 2.13. The lowest BCUT2D eigenvalue weighted by atomic mass is 9.77. The van der Waals surface area contributed by atoms with Crippen molar-refractivity contribution in [3.63, 3.8) is 0 Å². The van der Waals surface area contributed by atoms with E-state index in [4.69, 9.17) is 0 Å². The summed E-state index contributed by atoms with van der Waals surface area (Å²) in [5.41, 5.74) is 0.352. The van der Waals surface area contributed by atoms with Crippen LogP contribution < -0.4 is 10.6 Å². The Kier molecular flexibility index (Phi) is 5.09. The summed E-state index contributed by atoms with van der Waals surface area (Å²) in [4.78, 5) is 26.0. The lowest BCUT2D eigenvalue weighted by molar-refractivity contribution is -0.136. The zero-order valence-electron chi connectivity index (χ0n) is 15.7. The Hall–Kier alpha value is -1.73. The number of carbonyl (C=O) groups excluding carboxylic acids is 1. The Morgan fingerprint density at radius 1 is 1.23 bits per heavy atom. The fourth-order valence-electron chi connectivity index (χ4n) is 4.88. The highest BCUT2D eigenvalue weighted by molar-refractivity contribution is 5.82. The first-order chi connectivity index (χ1) is 12.7. The molecule has 1 aromatic rings. The fraction of sp³-hybridized carbons (Fsp3) is 0.737. The number of likely N-dealkylation sites (N-methyl/N-ethyl adjacent to an activating group) is 1. The number of amides is 1. The van der Waals surface area contributed by atoms with Crippen LogP contribution in [0.3, 0.4) is 0 Å². The highest BCUT2D eigenvalue weighted by Gasteiger charge is 2.46. The molecule has 3 aliphatic heterocycles. The third-order valence-corrected chi connectivity index (χ3v) is 6.40. The van der Waals surface area contributed by atoms with Crippen LogP contribution in [0.2, 0.25) is 0 Å². The Bertz CT molecular complexity index is 610. The van der Waals surface area contributed by atoms with Crippen LogP contribution in [-0.4, -0.2) is 77.5 Å². The summed E-state index contributed by atoms with van der Waals surface area (Å²) >= 11 is 0. The molecule has 4 heterocycles. The van der Waals surface area contributed by atoms with Crippen molar-refractivity contribution >= 4 is 11.9 Å². The Morgan fingerprint density at radius 3 is 2.62 bits per heavy atom. The van der Waals surface area contributed by atoms with E-state index >= 15 is 0 Å². The van der Waals surface area contributed by atoms with Crippen LogP contribution in [0, 0.1) is 5.41 Å². The van der Waals surface area contributed by atoms with Gasteiger partial charge in [-0.1, -0.05) is 0 Å². The molecule has 142 valence electrons. The van der Waals surface area contributed by atoms with Gasteiger partial charge in [0.2, 0.25) is 11.9 Å². The third-order valence-electron chi connectivity index (χ3n) is 6.40. The number of hydrogen-bond acceptors (Lipinski definition) is 6.